The van der Waals surface area contributed by atoms with Crippen molar-refractivity contribution in [2.24, 2.45) is 0 Å². The number of hydrogen-bond acceptors (Lipinski definition) is 5. The van der Waals surface area contributed by atoms with Gasteiger partial charge in [-0.1, -0.05) is 65.9 Å². The average Bonchev–Trinajstić information content (AvgIpc) is 2.98. The third-order valence-corrected chi connectivity index (χ3v) is 4.30. The number of thiazole rings is 1. The minimum absolute atomic E-state index is 0.279. The van der Waals surface area contributed by atoms with Gasteiger partial charge in [-0.25, -0.2) is 9.78 Å². The molecule has 0 radical (unpaired) electrons. The van der Waals surface area contributed by atoms with E-state index in [-0.39, 0.29) is 5.69 Å². The lowest BCUT2D eigenvalue weighted by molar-refractivity contribution is 0.0521. The lowest BCUT2D eigenvalue weighted by atomic mass is 10.0. The van der Waals surface area contributed by atoms with Gasteiger partial charge in [0, 0.05) is 0 Å². The predicted molar refractivity (Wildman–Crippen MR) is 93.4 cm³/mol. The Labute approximate surface area is 138 Å². The molecular weight excluding hydrogens is 308 g/mol. The van der Waals surface area contributed by atoms with Crippen LogP contribution in [0.1, 0.15) is 17.4 Å². The van der Waals surface area contributed by atoms with E-state index < -0.39 is 5.97 Å². The largest absolute Gasteiger partial charge is 0.461 e. The Bertz CT molecular complexity index is 811. The molecule has 5 heteroatoms. The van der Waals surface area contributed by atoms with Crippen LogP contribution in [0.25, 0.3) is 21.6 Å². The van der Waals surface area contributed by atoms with Crippen LogP contribution in [0.5, 0.6) is 0 Å². The molecular formula is C18H16N2O2S. The van der Waals surface area contributed by atoms with Gasteiger partial charge in [-0.3, -0.25) is 0 Å². The molecule has 1 aromatic heterocycles. The minimum atomic E-state index is -0.442. The fraction of sp³-hybridized carbons (Fsp3) is 0.111. The summed E-state index contributed by atoms with van der Waals surface area (Å²) >= 11 is 1.29. The van der Waals surface area contributed by atoms with E-state index in [4.69, 9.17) is 10.5 Å². The van der Waals surface area contributed by atoms with Crippen molar-refractivity contribution in [3.63, 3.8) is 0 Å². The van der Waals surface area contributed by atoms with Crippen molar-refractivity contribution in [3.8, 4) is 21.6 Å². The fourth-order valence-electron chi connectivity index (χ4n) is 2.31. The van der Waals surface area contributed by atoms with Crippen molar-refractivity contribution >= 4 is 22.4 Å². The van der Waals surface area contributed by atoms with E-state index in [0.29, 0.717) is 11.7 Å². The van der Waals surface area contributed by atoms with Crippen molar-refractivity contribution in [1.29, 1.82) is 0 Å². The Morgan fingerprint density at radius 2 is 1.65 bits per heavy atom. The van der Waals surface area contributed by atoms with Gasteiger partial charge in [0.05, 0.1) is 11.5 Å². The number of benzene rings is 2. The van der Waals surface area contributed by atoms with Crippen LogP contribution in [0.2, 0.25) is 0 Å². The van der Waals surface area contributed by atoms with Gasteiger partial charge in [0.1, 0.15) is 0 Å². The molecule has 0 fully saturated rings. The summed E-state index contributed by atoms with van der Waals surface area (Å²) in [6.07, 6.45) is 0. The van der Waals surface area contributed by atoms with Gasteiger partial charge in [0.15, 0.2) is 10.8 Å². The first-order valence-electron chi connectivity index (χ1n) is 7.28. The first-order chi connectivity index (χ1) is 11.2. The highest BCUT2D eigenvalue weighted by Gasteiger charge is 2.19. The Balaban J connectivity index is 1.95. The Morgan fingerprint density at radius 3 is 2.30 bits per heavy atom. The fourth-order valence-corrected chi connectivity index (χ4v) is 3.14. The number of rotatable bonds is 4. The number of esters is 1. The van der Waals surface area contributed by atoms with Crippen molar-refractivity contribution in [2.75, 3.05) is 12.3 Å². The summed E-state index contributed by atoms with van der Waals surface area (Å²) < 4.78 is 5.05. The maximum absolute atomic E-state index is 12.0. The van der Waals surface area contributed by atoms with E-state index in [1.54, 1.807) is 6.92 Å². The van der Waals surface area contributed by atoms with Crippen molar-refractivity contribution in [1.82, 2.24) is 4.98 Å². The van der Waals surface area contributed by atoms with E-state index in [2.05, 4.69) is 17.1 Å². The topological polar surface area (TPSA) is 65.2 Å². The molecule has 0 aliphatic carbocycles. The number of aromatic nitrogens is 1. The molecule has 2 N–H and O–H groups in total. The van der Waals surface area contributed by atoms with Crippen LogP contribution in [0.4, 0.5) is 5.13 Å². The van der Waals surface area contributed by atoms with Crippen LogP contribution in [-0.4, -0.2) is 17.6 Å². The lowest BCUT2D eigenvalue weighted by Gasteiger charge is -2.05. The molecule has 0 bridgehead atoms. The van der Waals surface area contributed by atoms with E-state index in [1.165, 1.54) is 11.3 Å². The van der Waals surface area contributed by atoms with Crippen LogP contribution in [-0.2, 0) is 4.74 Å². The number of nitrogen functional groups attached to an aromatic ring is 1. The van der Waals surface area contributed by atoms with Gasteiger partial charge in [-0.15, -0.1) is 0 Å². The molecule has 2 aromatic carbocycles. The van der Waals surface area contributed by atoms with E-state index in [9.17, 15) is 4.79 Å². The smallest absolute Gasteiger partial charge is 0.358 e. The Morgan fingerprint density at radius 1 is 1.04 bits per heavy atom. The molecule has 0 unspecified atom stereocenters. The standard InChI is InChI=1S/C18H16N2O2S/c1-2-22-17(21)15-16(23-18(19)20-15)14-10-8-13(9-11-14)12-6-4-3-5-7-12/h3-11H,2H2,1H3,(H2,19,20). The molecule has 3 aromatic rings. The second-order valence-corrected chi connectivity index (χ2v) is 5.92. The van der Waals surface area contributed by atoms with Gasteiger partial charge < -0.3 is 10.5 Å². The molecule has 0 amide bonds. The van der Waals surface area contributed by atoms with Crippen LogP contribution in [0.3, 0.4) is 0 Å². The number of carbonyl (C=O) groups is 1. The van der Waals surface area contributed by atoms with Gasteiger partial charge in [-0.2, -0.15) is 0 Å². The summed E-state index contributed by atoms with van der Waals surface area (Å²) in [5.74, 6) is -0.442. The Kier molecular flexibility index (Phi) is 4.39. The predicted octanol–water partition coefficient (Wildman–Crippen LogP) is 4.24. The van der Waals surface area contributed by atoms with E-state index in [1.807, 2.05) is 42.5 Å². The molecule has 0 saturated carbocycles. The number of carbonyl (C=O) groups excluding carboxylic acids is 1. The van der Waals surface area contributed by atoms with Gasteiger partial charge >= 0.3 is 5.97 Å². The molecule has 4 nitrogen and oxygen atoms in total. The zero-order chi connectivity index (χ0) is 16.2. The van der Waals surface area contributed by atoms with E-state index >= 15 is 0 Å². The summed E-state index contributed by atoms with van der Waals surface area (Å²) in [6, 6.07) is 18.1. The third kappa shape index (κ3) is 3.24. The first kappa shape index (κ1) is 15.2. The molecule has 1 heterocycles. The van der Waals surface area contributed by atoms with Crippen LogP contribution in [0, 0.1) is 0 Å². The first-order valence-corrected chi connectivity index (χ1v) is 8.10. The number of nitrogens with two attached hydrogens (primary N) is 1. The molecule has 0 spiro atoms. The quantitative estimate of drug-likeness (QED) is 0.729. The van der Waals surface area contributed by atoms with Crippen molar-refractivity contribution in [2.45, 2.75) is 6.92 Å². The van der Waals surface area contributed by atoms with Gasteiger partial charge in [0.2, 0.25) is 0 Å². The van der Waals surface area contributed by atoms with Gasteiger partial charge in [0.25, 0.3) is 0 Å². The average molecular weight is 324 g/mol. The third-order valence-electron chi connectivity index (χ3n) is 3.37. The second-order valence-electron chi connectivity index (χ2n) is 4.89. The molecule has 116 valence electrons. The summed E-state index contributed by atoms with van der Waals surface area (Å²) in [7, 11) is 0. The summed E-state index contributed by atoms with van der Waals surface area (Å²) in [5.41, 5.74) is 9.22. The zero-order valence-electron chi connectivity index (χ0n) is 12.7. The maximum atomic E-state index is 12.0. The molecule has 0 aliphatic heterocycles. The normalized spacial score (nSPS) is 10.5. The minimum Gasteiger partial charge on any atom is -0.461 e. The van der Waals surface area contributed by atoms with Crippen molar-refractivity contribution < 1.29 is 9.53 Å². The van der Waals surface area contributed by atoms with Crippen LogP contribution >= 0.6 is 11.3 Å². The van der Waals surface area contributed by atoms with Crippen molar-refractivity contribution in [3.05, 3.63) is 60.3 Å². The molecule has 3 rings (SSSR count). The highest BCUT2D eigenvalue weighted by molar-refractivity contribution is 7.19. The van der Waals surface area contributed by atoms with E-state index in [0.717, 1.165) is 21.6 Å². The van der Waals surface area contributed by atoms with Crippen LogP contribution in [0.15, 0.2) is 54.6 Å². The van der Waals surface area contributed by atoms with Gasteiger partial charge in [-0.05, 0) is 23.6 Å². The zero-order valence-corrected chi connectivity index (χ0v) is 13.5. The lowest BCUT2D eigenvalue weighted by Crippen LogP contribution is -2.06. The molecule has 0 atom stereocenters. The number of ether oxygens (including phenoxy) is 1. The summed E-state index contributed by atoms with van der Waals surface area (Å²) in [4.78, 5) is 16.9. The highest BCUT2D eigenvalue weighted by Crippen LogP contribution is 2.33. The Hall–Kier alpha value is -2.66. The maximum Gasteiger partial charge on any atom is 0.358 e. The van der Waals surface area contributed by atoms with Crippen LogP contribution < -0.4 is 5.73 Å². The number of anilines is 1. The summed E-state index contributed by atoms with van der Waals surface area (Å²) in [5, 5.41) is 0.357. The summed E-state index contributed by atoms with van der Waals surface area (Å²) in [6.45, 7) is 2.07. The molecule has 0 aliphatic rings. The monoisotopic (exact) mass is 324 g/mol. The second kappa shape index (κ2) is 6.62. The highest BCUT2D eigenvalue weighted by atomic mass is 32.1. The SMILES string of the molecule is CCOC(=O)c1nc(N)sc1-c1ccc(-c2ccccc2)cc1. The molecule has 23 heavy (non-hydrogen) atoms. The number of nitrogens with zero attached hydrogens (tertiary/aromatic N) is 1. The molecule has 0 saturated heterocycles. The number of hydrogen-bond donors (Lipinski definition) is 1.